The fraction of sp³-hybridized carbons (Fsp3) is 0.174. The normalized spacial score (nSPS) is 14.1. The Morgan fingerprint density at radius 2 is 1.88 bits per heavy atom. The second-order valence-corrected chi connectivity index (χ2v) is 7.69. The third-order valence-corrected chi connectivity index (χ3v) is 5.64. The van der Waals surface area contributed by atoms with Crippen LogP contribution in [0.15, 0.2) is 66.0 Å². The molecule has 164 valence electrons. The fourth-order valence-electron chi connectivity index (χ4n) is 4.01. The van der Waals surface area contributed by atoms with Gasteiger partial charge in [0.1, 0.15) is 11.2 Å². The molecule has 0 bridgehead atoms. The Kier molecular flexibility index (Phi) is 4.69. The highest BCUT2D eigenvalue weighted by atomic mass is 16.5. The van der Waals surface area contributed by atoms with Crippen LogP contribution in [0.2, 0.25) is 0 Å². The highest BCUT2D eigenvalue weighted by Crippen LogP contribution is 2.29. The SMILES string of the molecule is O=c1[nH]c2ccc(-n3cccn3)cc2c2nc(N3CCOCC3)nc(Nc3ccncc3)c12. The summed E-state index contributed by atoms with van der Waals surface area (Å²) in [6, 6.07) is 11.3. The number of aromatic amines is 1. The van der Waals surface area contributed by atoms with E-state index in [1.807, 2.05) is 42.6 Å². The van der Waals surface area contributed by atoms with Crippen molar-refractivity contribution in [2.45, 2.75) is 0 Å². The first kappa shape index (κ1) is 19.4. The number of aromatic nitrogens is 6. The summed E-state index contributed by atoms with van der Waals surface area (Å²) in [7, 11) is 0. The lowest BCUT2D eigenvalue weighted by Crippen LogP contribution is -2.37. The molecule has 0 saturated carbocycles. The molecule has 1 aliphatic rings. The van der Waals surface area contributed by atoms with Crippen molar-refractivity contribution in [1.82, 2.24) is 29.7 Å². The molecule has 6 rings (SSSR count). The van der Waals surface area contributed by atoms with E-state index in [4.69, 9.17) is 14.7 Å². The molecule has 33 heavy (non-hydrogen) atoms. The van der Waals surface area contributed by atoms with E-state index in [0.29, 0.717) is 54.5 Å². The van der Waals surface area contributed by atoms with Gasteiger partial charge in [-0.2, -0.15) is 10.1 Å². The Labute approximate surface area is 187 Å². The zero-order valence-electron chi connectivity index (χ0n) is 17.6. The van der Waals surface area contributed by atoms with E-state index >= 15 is 0 Å². The van der Waals surface area contributed by atoms with Crippen molar-refractivity contribution in [3.05, 3.63) is 71.5 Å². The van der Waals surface area contributed by atoms with Crippen LogP contribution < -0.4 is 15.8 Å². The third-order valence-electron chi connectivity index (χ3n) is 5.64. The Balaban J connectivity index is 1.62. The molecule has 0 spiro atoms. The van der Waals surface area contributed by atoms with E-state index in [9.17, 15) is 4.79 Å². The Morgan fingerprint density at radius 3 is 2.67 bits per heavy atom. The third kappa shape index (κ3) is 3.56. The number of anilines is 3. The minimum absolute atomic E-state index is 0.255. The van der Waals surface area contributed by atoms with E-state index in [2.05, 4.69) is 25.3 Å². The van der Waals surface area contributed by atoms with E-state index in [-0.39, 0.29) is 5.56 Å². The smallest absolute Gasteiger partial charge is 0.261 e. The molecule has 1 fully saturated rings. The Morgan fingerprint density at radius 1 is 1.03 bits per heavy atom. The number of benzene rings is 1. The summed E-state index contributed by atoms with van der Waals surface area (Å²) in [5, 5.41) is 8.82. The summed E-state index contributed by atoms with van der Waals surface area (Å²) in [5.41, 5.74) is 2.67. The lowest BCUT2D eigenvalue weighted by atomic mass is 10.1. The number of hydrogen-bond acceptors (Lipinski definition) is 8. The van der Waals surface area contributed by atoms with Gasteiger partial charge in [0.2, 0.25) is 5.95 Å². The molecule has 5 aromatic rings. The summed E-state index contributed by atoms with van der Waals surface area (Å²) in [6.07, 6.45) is 6.97. The Hall–Kier alpha value is -4.31. The summed E-state index contributed by atoms with van der Waals surface area (Å²) in [6.45, 7) is 2.57. The maximum atomic E-state index is 13.2. The minimum Gasteiger partial charge on any atom is -0.378 e. The summed E-state index contributed by atoms with van der Waals surface area (Å²) in [4.78, 5) is 31.9. The first-order valence-electron chi connectivity index (χ1n) is 10.6. The van der Waals surface area contributed by atoms with Crippen molar-refractivity contribution in [3.8, 4) is 5.69 Å². The predicted octanol–water partition coefficient (Wildman–Crippen LogP) is 2.63. The molecular weight excluding hydrogens is 420 g/mol. The number of H-pyrrole nitrogens is 1. The molecule has 2 N–H and O–H groups in total. The number of fused-ring (bicyclic) bond motifs is 3. The van der Waals surface area contributed by atoms with Crippen LogP contribution in [-0.4, -0.2) is 56.0 Å². The zero-order chi connectivity index (χ0) is 22.2. The number of ether oxygens (including phenoxy) is 1. The van der Waals surface area contributed by atoms with Gasteiger partial charge in [-0.3, -0.25) is 9.78 Å². The number of morpholine rings is 1. The lowest BCUT2D eigenvalue weighted by Gasteiger charge is -2.27. The predicted molar refractivity (Wildman–Crippen MR) is 125 cm³/mol. The maximum absolute atomic E-state index is 13.2. The molecule has 0 atom stereocenters. The topological polar surface area (TPSA) is 114 Å². The van der Waals surface area contributed by atoms with Crippen molar-refractivity contribution in [1.29, 1.82) is 0 Å². The summed E-state index contributed by atoms with van der Waals surface area (Å²) >= 11 is 0. The van der Waals surface area contributed by atoms with Gasteiger partial charge in [-0.25, -0.2) is 9.67 Å². The molecule has 0 radical (unpaired) electrons. The van der Waals surface area contributed by atoms with E-state index in [1.165, 1.54) is 0 Å². The van der Waals surface area contributed by atoms with Crippen molar-refractivity contribution >= 4 is 39.3 Å². The van der Waals surface area contributed by atoms with Gasteiger partial charge >= 0.3 is 0 Å². The van der Waals surface area contributed by atoms with Crippen LogP contribution >= 0.6 is 0 Å². The van der Waals surface area contributed by atoms with Crippen molar-refractivity contribution in [2.24, 2.45) is 0 Å². The van der Waals surface area contributed by atoms with Crippen LogP contribution in [0.25, 0.3) is 27.5 Å². The molecule has 10 nitrogen and oxygen atoms in total. The van der Waals surface area contributed by atoms with Gasteiger partial charge in [0, 0.05) is 49.0 Å². The average Bonchev–Trinajstić information content (AvgIpc) is 3.40. The number of nitrogens with zero attached hydrogens (tertiary/aromatic N) is 6. The van der Waals surface area contributed by atoms with Crippen molar-refractivity contribution < 1.29 is 4.74 Å². The second-order valence-electron chi connectivity index (χ2n) is 7.69. The van der Waals surface area contributed by atoms with Crippen LogP contribution in [0.5, 0.6) is 0 Å². The molecule has 1 aliphatic heterocycles. The van der Waals surface area contributed by atoms with Crippen molar-refractivity contribution in [2.75, 3.05) is 36.5 Å². The van der Waals surface area contributed by atoms with E-state index in [1.54, 1.807) is 23.3 Å². The lowest BCUT2D eigenvalue weighted by molar-refractivity contribution is 0.122. The van der Waals surface area contributed by atoms with Crippen LogP contribution in [0, 0.1) is 0 Å². The van der Waals surface area contributed by atoms with Gasteiger partial charge in [-0.15, -0.1) is 0 Å². The maximum Gasteiger partial charge on any atom is 0.261 e. The average molecular weight is 440 g/mol. The summed E-state index contributed by atoms with van der Waals surface area (Å²) < 4.78 is 7.27. The van der Waals surface area contributed by atoms with Crippen LogP contribution in [0.1, 0.15) is 0 Å². The molecule has 1 aromatic carbocycles. The van der Waals surface area contributed by atoms with Gasteiger partial charge in [-0.05, 0) is 36.4 Å². The molecule has 0 unspecified atom stereocenters. The van der Waals surface area contributed by atoms with E-state index < -0.39 is 0 Å². The first-order chi connectivity index (χ1) is 16.3. The summed E-state index contributed by atoms with van der Waals surface area (Å²) in [5.74, 6) is 0.999. The number of hydrogen-bond donors (Lipinski definition) is 2. The quantitative estimate of drug-likeness (QED) is 0.410. The highest BCUT2D eigenvalue weighted by molar-refractivity contribution is 6.07. The van der Waals surface area contributed by atoms with Crippen LogP contribution in [0.4, 0.5) is 17.5 Å². The fourth-order valence-corrected chi connectivity index (χ4v) is 4.01. The first-order valence-corrected chi connectivity index (χ1v) is 10.6. The number of pyridine rings is 2. The van der Waals surface area contributed by atoms with Gasteiger partial charge in [0.05, 0.1) is 29.9 Å². The van der Waals surface area contributed by atoms with Crippen molar-refractivity contribution in [3.63, 3.8) is 0 Å². The van der Waals surface area contributed by atoms with Gasteiger partial charge in [0.15, 0.2) is 0 Å². The standard InChI is InChI=1S/C23H20N8O2/c32-22-19-20(17-14-16(2-3-18(17)27-22)31-9-1-6-25-31)28-23(30-10-12-33-13-11-30)29-21(19)26-15-4-7-24-8-5-15/h1-9,14H,10-13H2,(H,27,32)(H,24,26,28,29). The van der Waals surface area contributed by atoms with Crippen LogP contribution in [-0.2, 0) is 4.74 Å². The largest absolute Gasteiger partial charge is 0.378 e. The molecule has 5 heterocycles. The second kappa shape index (κ2) is 7.99. The molecular formula is C23H20N8O2. The number of rotatable bonds is 4. The molecule has 0 amide bonds. The monoisotopic (exact) mass is 440 g/mol. The van der Waals surface area contributed by atoms with Gasteiger partial charge < -0.3 is 19.9 Å². The zero-order valence-corrected chi connectivity index (χ0v) is 17.6. The molecule has 4 aromatic heterocycles. The van der Waals surface area contributed by atoms with Gasteiger partial charge in [0.25, 0.3) is 5.56 Å². The van der Waals surface area contributed by atoms with Crippen LogP contribution in [0.3, 0.4) is 0 Å². The van der Waals surface area contributed by atoms with Gasteiger partial charge in [-0.1, -0.05) is 0 Å². The molecule has 10 heteroatoms. The molecule has 0 aliphatic carbocycles. The Bertz CT molecular complexity index is 1490. The minimum atomic E-state index is -0.255. The highest BCUT2D eigenvalue weighted by Gasteiger charge is 2.20. The van der Waals surface area contributed by atoms with E-state index in [0.717, 1.165) is 16.8 Å². The number of nitrogens with one attached hydrogen (secondary N) is 2. The molecule has 1 saturated heterocycles.